The maximum atomic E-state index is 12.2. The van der Waals surface area contributed by atoms with Crippen molar-refractivity contribution in [2.75, 3.05) is 13.2 Å². The number of hydrogen-bond acceptors (Lipinski definition) is 6. The highest BCUT2D eigenvalue weighted by Gasteiger charge is 2.27. The molecule has 132 valence electrons. The molecule has 1 aromatic heterocycles. The smallest absolute Gasteiger partial charge is 0.374 e. The summed E-state index contributed by atoms with van der Waals surface area (Å²) in [6.45, 7) is 3.49. The van der Waals surface area contributed by atoms with Gasteiger partial charge in [0.2, 0.25) is 5.76 Å². The Morgan fingerprint density at radius 1 is 1.17 bits per heavy atom. The van der Waals surface area contributed by atoms with Gasteiger partial charge in [0.25, 0.3) is 0 Å². The van der Waals surface area contributed by atoms with E-state index in [1.807, 2.05) is 4.57 Å². The minimum Gasteiger partial charge on any atom is -0.501 e. The molecule has 24 heavy (non-hydrogen) atoms. The predicted molar refractivity (Wildman–Crippen MR) is 87.2 cm³/mol. The van der Waals surface area contributed by atoms with Gasteiger partial charge in [0.15, 0.2) is 0 Å². The maximum absolute atomic E-state index is 12.2. The number of carbonyl (C=O) groups is 2. The summed E-state index contributed by atoms with van der Waals surface area (Å²) in [6, 6.07) is 0.327. The lowest BCUT2D eigenvalue weighted by Gasteiger charge is -2.22. The molecule has 0 atom stereocenters. The van der Waals surface area contributed by atoms with Crippen LogP contribution in [0.2, 0.25) is 0 Å². The van der Waals surface area contributed by atoms with Crippen LogP contribution in [0.25, 0.3) is 5.57 Å². The van der Waals surface area contributed by atoms with Crippen molar-refractivity contribution in [2.24, 2.45) is 0 Å². The number of imidazole rings is 1. The number of hydrogen-bond donors (Lipinski definition) is 1. The molecule has 0 amide bonds. The van der Waals surface area contributed by atoms with Crippen LogP contribution in [0.15, 0.2) is 18.3 Å². The van der Waals surface area contributed by atoms with E-state index in [1.54, 1.807) is 26.4 Å². The van der Waals surface area contributed by atoms with Gasteiger partial charge in [0, 0.05) is 12.2 Å². The van der Waals surface area contributed by atoms with Crippen molar-refractivity contribution in [1.82, 2.24) is 9.55 Å². The summed E-state index contributed by atoms with van der Waals surface area (Å²) < 4.78 is 11.7. The molecule has 0 radical (unpaired) electrons. The SMILES string of the molecule is CCOC(=O)/C(O)=C(\C(=O)OCC)c1cn(C2CCCCC2)cn1. The minimum atomic E-state index is -0.965. The monoisotopic (exact) mass is 336 g/mol. The van der Waals surface area contributed by atoms with Crippen molar-refractivity contribution in [3.63, 3.8) is 0 Å². The van der Waals surface area contributed by atoms with Gasteiger partial charge in [0.05, 0.1) is 25.2 Å². The van der Waals surface area contributed by atoms with Crippen LogP contribution < -0.4 is 0 Å². The Hall–Kier alpha value is -2.31. The van der Waals surface area contributed by atoms with Gasteiger partial charge in [0.1, 0.15) is 5.57 Å². The average molecular weight is 336 g/mol. The van der Waals surface area contributed by atoms with Crippen LogP contribution in [-0.4, -0.2) is 39.8 Å². The van der Waals surface area contributed by atoms with Gasteiger partial charge in [-0.05, 0) is 26.7 Å². The Morgan fingerprint density at radius 3 is 2.42 bits per heavy atom. The molecular formula is C17H24N2O5. The summed E-state index contributed by atoms with van der Waals surface area (Å²) in [4.78, 5) is 28.2. The lowest BCUT2D eigenvalue weighted by atomic mass is 9.95. The van der Waals surface area contributed by atoms with Crippen molar-refractivity contribution in [3.8, 4) is 0 Å². The second-order valence-corrected chi connectivity index (χ2v) is 5.66. The van der Waals surface area contributed by atoms with E-state index < -0.39 is 17.7 Å². The molecule has 1 fully saturated rings. The molecule has 1 aliphatic carbocycles. The number of ether oxygens (including phenoxy) is 2. The van der Waals surface area contributed by atoms with Crippen molar-refractivity contribution in [2.45, 2.75) is 52.0 Å². The highest BCUT2D eigenvalue weighted by atomic mass is 16.5. The number of aliphatic hydroxyl groups excluding tert-OH is 1. The molecule has 1 aliphatic rings. The van der Waals surface area contributed by atoms with Crippen LogP contribution in [-0.2, 0) is 19.1 Å². The molecule has 0 spiro atoms. The largest absolute Gasteiger partial charge is 0.501 e. The van der Waals surface area contributed by atoms with Crippen LogP contribution in [0.3, 0.4) is 0 Å². The molecule has 0 unspecified atom stereocenters. The van der Waals surface area contributed by atoms with Crippen LogP contribution in [0, 0.1) is 0 Å². The summed E-state index contributed by atoms with van der Waals surface area (Å²) in [6.07, 6.45) is 8.96. The lowest BCUT2D eigenvalue weighted by molar-refractivity contribution is -0.142. The number of carbonyl (C=O) groups excluding carboxylic acids is 2. The topological polar surface area (TPSA) is 90.6 Å². The van der Waals surface area contributed by atoms with Gasteiger partial charge in [-0.25, -0.2) is 14.6 Å². The summed E-state index contributed by atoms with van der Waals surface area (Å²) in [7, 11) is 0. The quantitative estimate of drug-likeness (QED) is 0.488. The molecule has 2 rings (SSSR count). The number of esters is 2. The van der Waals surface area contributed by atoms with E-state index in [0.717, 1.165) is 25.7 Å². The number of aliphatic hydroxyl groups is 1. The van der Waals surface area contributed by atoms with E-state index >= 15 is 0 Å². The van der Waals surface area contributed by atoms with Crippen LogP contribution in [0.4, 0.5) is 0 Å². The number of nitrogens with zero attached hydrogens (tertiary/aromatic N) is 2. The summed E-state index contributed by atoms with van der Waals surface area (Å²) in [5.74, 6) is -2.53. The van der Waals surface area contributed by atoms with Gasteiger partial charge in [-0.1, -0.05) is 19.3 Å². The molecule has 1 N–H and O–H groups in total. The molecule has 0 saturated heterocycles. The van der Waals surface area contributed by atoms with E-state index in [0.29, 0.717) is 6.04 Å². The summed E-state index contributed by atoms with van der Waals surface area (Å²) in [5, 5.41) is 10.1. The second-order valence-electron chi connectivity index (χ2n) is 5.66. The second kappa shape index (κ2) is 8.52. The first kappa shape index (κ1) is 18.0. The molecule has 0 aromatic carbocycles. The normalized spacial score (nSPS) is 16.4. The van der Waals surface area contributed by atoms with Crippen LogP contribution >= 0.6 is 0 Å². The molecule has 1 aromatic rings. The predicted octanol–water partition coefficient (Wildman–Crippen LogP) is 2.78. The van der Waals surface area contributed by atoms with Crippen molar-refractivity contribution in [1.29, 1.82) is 0 Å². The lowest BCUT2D eigenvalue weighted by Crippen LogP contribution is -2.16. The Morgan fingerprint density at radius 2 is 1.79 bits per heavy atom. The maximum Gasteiger partial charge on any atom is 0.374 e. The third-order valence-corrected chi connectivity index (χ3v) is 4.04. The molecule has 1 saturated carbocycles. The Bertz CT molecular complexity index is 614. The van der Waals surface area contributed by atoms with Gasteiger partial charge in [-0.15, -0.1) is 0 Å². The van der Waals surface area contributed by atoms with E-state index in [2.05, 4.69) is 4.98 Å². The Balaban J connectivity index is 2.33. The van der Waals surface area contributed by atoms with Crippen molar-refractivity contribution in [3.05, 3.63) is 24.0 Å². The molecule has 0 aliphatic heterocycles. The highest BCUT2D eigenvalue weighted by Crippen LogP contribution is 2.29. The first-order chi connectivity index (χ1) is 11.6. The molecular weight excluding hydrogens is 312 g/mol. The summed E-state index contributed by atoms with van der Waals surface area (Å²) >= 11 is 0. The molecule has 7 heteroatoms. The third kappa shape index (κ3) is 4.15. The van der Waals surface area contributed by atoms with Gasteiger partial charge in [-0.2, -0.15) is 0 Å². The molecule has 1 heterocycles. The fourth-order valence-corrected chi connectivity index (χ4v) is 2.87. The fraction of sp³-hybridized carbons (Fsp3) is 0.588. The fourth-order valence-electron chi connectivity index (χ4n) is 2.87. The number of rotatable bonds is 6. The van der Waals surface area contributed by atoms with Crippen LogP contribution in [0.5, 0.6) is 0 Å². The zero-order valence-electron chi connectivity index (χ0n) is 14.2. The third-order valence-electron chi connectivity index (χ3n) is 4.04. The highest BCUT2D eigenvalue weighted by molar-refractivity contribution is 6.21. The Kier molecular flexibility index (Phi) is 6.40. The van der Waals surface area contributed by atoms with Crippen molar-refractivity contribution < 1.29 is 24.2 Å². The van der Waals surface area contributed by atoms with Crippen LogP contribution in [0.1, 0.15) is 57.7 Å². The zero-order valence-corrected chi connectivity index (χ0v) is 14.2. The van der Waals surface area contributed by atoms with E-state index in [-0.39, 0.29) is 24.5 Å². The first-order valence-corrected chi connectivity index (χ1v) is 8.39. The van der Waals surface area contributed by atoms with E-state index in [9.17, 15) is 14.7 Å². The van der Waals surface area contributed by atoms with Gasteiger partial charge in [-0.3, -0.25) is 0 Å². The van der Waals surface area contributed by atoms with E-state index in [4.69, 9.17) is 9.47 Å². The average Bonchev–Trinajstić information content (AvgIpc) is 3.06. The van der Waals surface area contributed by atoms with Gasteiger partial charge >= 0.3 is 11.9 Å². The summed E-state index contributed by atoms with van der Waals surface area (Å²) in [5.41, 5.74) is -0.0468. The number of aromatic nitrogens is 2. The Labute approximate surface area is 141 Å². The standard InChI is InChI=1S/C17H24N2O5/c1-3-23-16(21)14(15(20)17(22)24-4-2)13-10-19(11-18-13)12-8-6-5-7-9-12/h10-12,20H,3-9H2,1-2H3/b15-14+. The molecule has 0 bridgehead atoms. The van der Waals surface area contributed by atoms with Gasteiger partial charge < -0.3 is 19.1 Å². The van der Waals surface area contributed by atoms with Crippen molar-refractivity contribution >= 4 is 17.5 Å². The minimum absolute atomic E-state index is 0.0928. The molecule has 7 nitrogen and oxygen atoms in total. The van der Waals surface area contributed by atoms with E-state index in [1.165, 1.54) is 6.42 Å². The zero-order chi connectivity index (χ0) is 17.5. The first-order valence-electron chi connectivity index (χ1n) is 8.39.